The van der Waals surface area contributed by atoms with E-state index in [4.69, 9.17) is 18.8 Å². The first kappa shape index (κ1) is 55.9. The molecule has 1 fully saturated rings. The zero-order valence-electron chi connectivity index (χ0n) is 40.6. The van der Waals surface area contributed by atoms with Crippen LogP contribution in [0.25, 0.3) is 0 Å². The Bertz CT molecular complexity index is 2300. The molecule has 3 aromatic carbocycles. The van der Waals surface area contributed by atoms with Crippen LogP contribution >= 0.6 is 0 Å². The Balaban J connectivity index is 1.55. The van der Waals surface area contributed by atoms with E-state index in [-0.39, 0.29) is 71.7 Å². The Morgan fingerprint density at radius 3 is 1.81 bits per heavy atom. The predicted molar refractivity (Wildman–Crippen MR) is 257 cm³/mol. The van der Waals surface area contributed by atoms with Crippen molar-refractivity contribution < 1.29 is 61.1 Å². The highest BCUT2D eigenvalue weighted by Gasteiger charge is 2.40. The van der Waals surface area contributed by atoms with Gasteiger partial charge in [-0.25, -0.2) is 4.79 Å². The van der Waals surface area contributed by atoms with Crippen LogP contribution in [0.2, 0.25) is 0 Å². The normalized spacial score (nSPS) is 15.8. The fourth-order valence-corrected chi connectivity index (χ4v) is 9.35. The molecule has 1 saturated heterocycles. The van der Waals surface area contributed by atoms with Crippen molar-refractivity contribution in [3.05, 3.63) is 95.1 Å². The topological polar surface area (TPSA) is 256 Å². The van der Waals surface area contributed by atoms with Gasteiger partial charge in [0.2, 0.25) is 23.6 Å². The van der Waals surface area contributed by atoms with Crippen molar-refractivity contribution >= 4 is 45.5 Å². The molecular formula is C50H69N5O13S. The number of carboxylic acid groups (broad SMARTS) is 1. The molecule has 4 rings (SSSR count). The lowest BCUT2D eigenvalue weighted by molar-refractivity contribution is -0.143. The first-order valence-corrected chi connectivity index (χ1v) is 24.7. The Kier molecular flexibility index (Phi) is 21.3. The first-order valence-electron chi connectivity index (χ1n) is 23.2. The van der Waals surface area contributed by atoms with Gasteiger partial charge in [-0.3, -0.25) is 33.1 Å². The van der Waals surface area contributed by atoms with Gasteiger partial charge < -0.3 is 41.0 Å². The van der Waals surface area contributed by atoms with Crippen LogP contribution in [0.5, 0.6) is 5.75 Å². The summed E-state index contributed by atoms with van der Waals surface area (Å²) >= 11 is 0. The van der Waals surface area contributed by atoms with Crippen molar-refractivity contribution in [3.63, 3.8) is 0 Å². The molecule has 19 heteroatoms. The van der Waals surface area contributed by atoms with Gasteiger partial charge in [-0.05, 0) is 92.7 Å². The van der Waals surface area contributed by atoms with Crippen molar-refractivity contribution in [2.45, 2.75) is 115 Å². The summed E-state index contributed by atoms with van der Waals surface area (Å²) < 4.78 is 42.9. The second-order valence-corrected chi connectivity index (χ2v) is 20.1. The van der Waals surface area contributed by atoms with E-state index in [2.05, 4.69) is 21.3 Å². The summed E-state index contributed by atoms with van der Waals surface area (Å²) in [4.78, 5) is 83.1. The highest BCUT2D eigenvalue weighted by Crippen LogP contribution is 2.28. The molecule has 5 atom stereocenters. The molecule has 0 bridgehead atoms. The maximum absolute atomic E-state index is 14.4. The van der Waals surface area contributed by atoms with Crippen molar-refractivity contribution in [1.82, 2.24) is 26.2 Å². The molecule has 3 aromatic rings. The third-order valence-corrected chi connectivity index (χ3v) is 12.9. The summed E-state index contributed by atoms with van der Waals surface area (Å²) in [5, 5.41) is 31.7. The number of carbonyl (C=O) groups excluding carboxylic acids is 5. The smallest absolute Gasteiger partial charge is 0.341 e. The molecule has 0 saturated carbocycles. The number of carbonyl (C=O) groups is 6. The van der Waals surface area contributed by atoms with E-state index in [1.807, 2.05) is 49.1 Å². The van der Waals surface area contributed by atoms with Crippen LogP contribution in [0.4, 0.5) is 0 Å². The van der Waals surface area contributed by atoms with E-state index in [1.54, 1.807) is 44.2 Å². The molecule has 0 aliphatic carbocycles. The minimum atomic E-state index is -4.61. The number of amides is 4. The van der Waals surface area contributed by atoms with Crippen molar-refractivity contribution in [1.29, 1.82) is 0 Å². The van der Waals surface area contributed by atoms with Crippen LogP contribution in [0.1, 0.15) is 76.1 Å². The zero-order valence-corrected chi connectivity index (χ0v) is 41.4. The number of hydrogen-bond acceptors (Lipinski definition) is 13. The molecule has 0 radical (unpaired) electrons. The monoisotopic (exact) mass is 979 g/mol. The number of aliphatic carboxylic acids is 1. The molecular weight excluding hydrogens is 911 g/mol. The second kappa shape index (κ2) is 26.3. The number of ether oxygens (including phenoxy) is 2. The van der Waals surface area contributed by atoms with Gasteiger partial charge in [0.05, 0.1) is 25.8 Å². The summed E-state index contributed by atoms with van der Waals surface area (Å²) in [6.07, 6.45) is 0.860. The fourth-order valence-electron chi connectivity index (χ4n) is 7.94. The van der Waals surface area contributed by atoms with Gasteiger partial charge in [-0.15, -0.1) is 0 Å². The number of ketones is 1. The van der Waals surface area contributed by atoms with E-state index >= 15 is 0 Å². The Morgan fingerprint density at radius 1 is 0.739 bits per heavy atom. The summed E-state index contributed by atoms with van der Waals surface area (Å²) in [5.74, 6) is -4.77. The van der Waals surface area contributed by atoms with Gasteiger partial charge in [0, 0.05) is 19.5 Å². The number of nitrogens with zero attached hydrogens (tertiary/aromatic N) is 1. The molecule has 1 heterocycles. The Labute approximate surface area is 405 Å². The predicted octanol–water partition coefficient (Wildman–Crippen LogP) is 3.03. The van der Waals surface area contributed by atoms with Crippen LogP contribution < -0.4 is 26.0 Å². The molecule has 4 amide bonds. The van der Waals surface area contributed by atoms with Crippen molar-refractivity contribution in [3.8, 4) is 5.75 Å². The third-order valence-electron chi connectivity index (χ3n) is 11.4. The summed E-state index contributed by atoms with van der Waals surface area (Å²) in [7, 11) is -4.61. The number of nitrogens with one attached hydrogen (secondary N) is 4. The number of benzene rings is 3. The Hall–Kier alpha value is -5.73. The standard InChI is InChI=1S/C50H69N5O13S/c1-32(2)24-40(46(59)50(7,63)31-68-69(64,65)45-34(5)26-38(27-35(45)6)67-30-44(57)58)52-49(62)42(28-37-16-12-9-13-17-37)54-48(61)41(25-33(3)4)53-47(60)39(19-18-36-14-10-8-11-15-36)51-43(56)29-55-20-22-66-23-21-55/h8-17,26-27,32-33,39-42,63H,18-25,28-31H2,1-7H3,(H,51,56)(H,52,62)(H,53,60)(H,54,61)(H,57,58)/t39-,40-,41-,42-,50?/m0/s1. The Morgan fingerprint density at radius 2 is 1.25 bits per heavy atom. The van der Waals surface area contributed by atoms with Gasteiger partial charge in [-0.1, -0.05) is 88.4 Å². The molecule has 1 aliphatic heterocycles. The fraction of sp³-hybridized carbons (Fsp3) is 0.520. The summed E-state index contributed by atoms with van der Waals surface area (Å²) in [5.41, 5.74) is -0.498. The van der Waals surface area contributed by atoms with Crippen molar-refractivity contribution in [2.75, 3.05) is 46.1 Å². The van der Waals surface area contributed by atoms with Gasteiger partial charge >= 0.3 is 5.97 Å². The largest absolute Gasteiger partial charge is 0.482 e. The zero-order chi connectivity index (χ0) is 50.9. The third kappa shape index (κ3) is 18.3. The molecule has 1 unspecified atom stereocenters. The summed E-state index contributed by atoms with van der Waals surface area (Å²) in [6.45, 7) is 11.8. The quantitative estimate of drug-likeness (QED) is 0.0601. The molecule has 69 heavy (non-hydrogen) atoms. The van der Waals surface area contributed by atoms with Gasteiger partial charge in [-0.2, -0.15) is 8.42 Å². The van der Waals surface area contributed by atoms with E-state index in [9.17, 15) is 42.3 Å². The number of Topliss-reactive ketones (excluding diaryl/α,β-unsaturated/α-hetero) is 1. The lowest BCUT2D eigenvalue weighted by atomic mass is 9.90. The summed E-state index contributed by atoms with van der Waals surface area (Å²) in [6, 6.07) is 16.1. The van der Waals surface area contributed by atoms with E-state index in [1.165, 1.54) is 26.0 Å². The molecule has 18 nitrogen and oxygen atoms in total. The maximum Gasteiger partial charge on any atom is 0.341 e. The number of rotatable bonds is 27. The van der Waals surface area contributed by atoms with Crippen LogP contribution in [-0.4, -0.2) is 135 Å². The van der Waals surface area contributed by atoms with Gasteiger partial charge in [0.25, 0.3) is 10.1 Å². The SMILES string of the molecule is Cc1cc(OCC(=O)O)cc(C)c1S(=O)(=O)OCC(C)(O)C(=O)[C@H](CC(C)C)NC(=O)[C@H](Cc1ccccc1)NC(=O)[C@H](CC(C)C)NC(=O)[C@H](CCc1ccccc1)NC(=O)CN1CCOCC1. The van der Waals surface area contributed by atoms with Crippen LogP contribution in [0, 0.1) is 25.7 Å². The lowest BCUT2D eigenvalue weighted by Gasteiger charge is -2.30. The number of aryl methyl sites for hydroxylation is 3. The maximum atomic E-state index is 14.4. The van der Waals surface area contributed by atoms with Crippen LogP contribution in [-0.2, 0) is 60.6 Å². The first-order chi connectivity index (χ1) is 32.5. The van der Waals surface area contributed by atoms with Gasteiger partial charge in [0.1, 0.15) is 41.0 Å². The lowest BCUT2D eigenvalue weighted by Crippen LogP contribution is -2.60. The molecule has 0 aromatic heterocycles. The van der Waals surface area contributed by atoms with E-state index < -0.39 is 82.6 Å². The van der Waals surface area contributed by atoms with Crippen LogP contribution in [0.15, 0.2) is 77.7 Å². The molecule has 0 spiro atoms. The number of hydrogen-bond donors (Lipinski definition) is 6. The number of morpholine rings is 1. The van der Waals surface area contributed by atoms with E-state index in [0.29, 0.717) is 38.3 Å². The van der Waals surface area contributed by atoms with Gasteiger partial charge in [0.15, 0.2) is 12.4 Å². The second-order valence-electron chi connectivity index (χ2n) is 18.6. The number of carboxylic acids is 1. The molecule has 1 aliphatic rings. The highest BCUT2D eigenvalue weighted by atomic mass is 32.2. The highest BCUT2D eigenvalue weighted by molar-refractivity contribution is 7.86. The van der Waals surface area contributed by atoms with E-state index in [0.717, 1.165) is 12.5 Å². The number of aliphatic hydroxyl groups is 1. The molecule has 378 valence electrons. The van der Waals surface area contributed by atoms with Crippen molar-refractivity contribution in [2.24, 2.45) is 11.8 Å². The van der Waals surface area contributed by atoms with Crippen LogP contribution in [0.3, 0.4) is 0 Å². The average Bonchev–Trinajstić information content (AvgIpc) is 3.28. The molecule has 6 N–H and O–H groups in total. The minimum absolute atomic E-state index is 0.0170. The average molecular weight is 980 g/mol. The minimum Gasteiger partial charge on any atom is -0.482 e.